The molecule has 4 heteroatoms. The second-order valence-corrected chi connectivity index (χ2v) is 5.55. The fourth-order valence-electron chi connectivity index (χ4n) is 2.62. The number of aryl methyl sites for hydroxylation is 2. The molecule has 1 atom stereocenters. The molecule has 1 unspecified atom stereocenters. The van der Waals surface area contributed by atoms with E-state index < -0.39 is 0 Å². The number of halogens is 1. The van der Waals surface area contributed by atoms with Gasteiger partial charge in [0.15, 0.2) is 0 Å². The van der Waals surface area contributed by atoms with E-state index in [4.69, 9.17) is 4.52 Å². The lowest BCUT2D eigenvalue weighted by Crippen LogP contribution is -2.23. The first-order chi connectivity index (χ1) is 9.65. The number of nitrogens with one attached hydrogen (secondary N) is 1. The third kappa shape index (κ3) is 2.75. The molecule has 0 saturated heterocycles. The Morgan fingerprint density at radius 1 is 1.30 bits per heavy atom. The quantitative estimate of drug-likeness (QED) is 0.904. The number of aromatic nitrogens is 1. The number of hydrogen-bond acceptors (Lipinski definition) is 3. The van der Waals surface area contributed by atoms with Gasteiger partial charge in [0.1, 0.15) is 11.6 Å². The van der Waals surface area contributed by atoms with Crippen molar-refractivity contribution in [3.8, 4) is 0 Å². The van der Waals surface area contributed by atoms with Gasteiger partial charge in [-0.3, -0.25) is 0 Å². The summed E-state index contributed by atoms with van der Waals surface area (Å²) < 4.78 is 18.2. The number of benzene rings is 1. The maximum Gasteiger partial charge on any atom is 0.138 e. The summed E-state index contributed by atoms with van der Waals surface area (Å²) in [7, 11) is 0. The van der Waals surface area contributed by atoms with E-state index in [-0.39, 0.29) is 11.9 Å². The van der Waals surface area contributed by atoms with Gasteiger partial charge >= 0.3 is 0 Å². The minimum absolute atomic E-state index is 0.186. The highest BCUT2D eigenvalue weighted by atomic mass is 19.1. The smallest absolute Gasteiger partial charge is 0.138 e. The van der Waals surface area contributed by atoms with Crippen LogP contribution in [0.15, 0.2) is 28.8 Å². The summed E-state index contributed by atoms with van der Waals surface area (Å²) in [6.45, 7) is 4.62. The van der Waals surface area contributed by atoms with Gasteiger partial charge in [-0.2, -0.15) is 0 Å². The Hall–Kier alpha value is -1.68. The first-order valence-corrected chi connectivity index (χ1v) is 7.05. The molecule has 20 heavy (non-hydrogen) atoms. The molecule has 1 aromatic carbocycles. The molecule has 1 N–H and O–H groups in total. The molecule has 1 aromatic heterocycles. The fraction of sp³-hybridized carbons (Fsp3) is 0.438. The lowest BCUT2D eigenvalue weighted by atomic mass is 10.0. The maximum atomic E-state index is 13.0. The van der Waals surface area contributed by atoms with Crippen LogP contribution in [0.3, 0.4) is 0 Å². The van der Waals surface area contributed by atoms with Crippen molar-refractivity contribution in [2.45, 2.75) is 39.3 Å². The minimum Gasteiger partial charge on any atom is -0.361 e. The molecule has 0 bridgehead atoms. The molecule has 0 spiro atoms. The van der Waals surface area contributed by atoms with Gasteiger partial charge in [-0.1, -0.05) is 17.3 Å². The lowest BCUT2D eigenvalue weighted by molar-refractivity contribution is 0.391. The molecule has 1 aliphatic carbocycles. The van der Waals surface area contributed by atoms with Crippen LogP contribution in [0.2, 0.25) is 0 Å². The Labute approximate surface area is 118 Å². The van der Waals surface area contributed by atoms with Crippen molar-refractivity contribution in [3.05, 3.63) is 52.7 Å². The van der Waals surface area contributed by atoms with Crippen molar-refractivity contribution in [2.75, 3.05) is 0 Å². The predicted octanol–water partition coefficient (Wildman–Crippen LogP) is 3.67. The Balaban J connectivity index is 1.74. The lowest BCUT2D eigenvalue weighted by Gasteiger charge is -2.18. The van der Waals surface area contributed by atoms with Gasteiger partial charge in [0.05, 0.1) is 5.69 Å². The van der Waals surface area contributed by atoms with Crippen molar-refractivity contribution < 1.29 is 8.91 Å². The summed E-state index contributed by atoms with van der Waals surface area (Å²) in [5, 5.41) is 7.55. The van der Waals surface area contributed by atoms with E-state index in [0.717, 1.165) is 29.1 Å². The Morgan fingerprint density at radius 2 is 2.00 bits per heavy atom. The molecular formula is C16H19FN2O. The standard InChI is InChI=1S/C16H19FN2O/c1-10-15(11(2)20-19-10)9-18-16(12-3-4-12)13-5-7-14(17)8-6-13/h5-8,12,16,18H,3-4,9H2,1-2H3. The van der Waals surface area contributed by atoms with Crippen molar-refractivity contribution in [1.82, 2.24) is 10.5 Å². The molecule has 0 amide bonds. The zero-order chi connectivity index (χ0) is 14.1. The molecule has 0 aliphatic heterocycles. The Bertz CT molecular complexity index is 568. The molecule has 3 nitrogen and oxygen atoms in total. The van der Waals surface area contributed by atoms with Crippen LogP contribution < -0.4 is 5.32 Å². The van der Waals surface area contributed by atoms with Gasteiger partial charge in [0.25, 0.3) is 0 Å². The van der Waals surface area contributed by atoms with Gasteiger partial charge in [-0.15, -0.1) is 0 Å². The Kier molecular flexibility index (Phi) is 3.57. The van der Waals surface area contributed by atoms with Gasteiger partial charge in [0, 0.05) is 18.2 Å². The van der Waals surface area contributed by atoms with Crippen LogP contribution in [0.25, 0.3) is 0 Å². The van der Waals surface area contributed by atoms with Crippen LogP contribution in [0.1, 0.15) is 41.5 Å². The molecule has 1 aliphatic rings. The average Bonchev–Trinajstić information content (AvgIpc) is 3.22. The third-order valence-corrected chi connectivity index (χ3v) is 4.00. The highest BCUT2D eigenvalue weighted by Gasteiger charge is 2.32. The number of nitrogens with zero attached hydrogens (tertiary/aromatic N) is 1. The number of rotatable bonds is 5. The molecule has 3 rings (SSSR count). The van der Waals surface area contributed by atoms with E-state index in [0.29, 0.717) is 5.92 Å². The summed E-state index contributed by atoms with van der Waals surface area (Å²) in [6, 6.07) is 7.09. The van der Waals surface area contributed by atoms with Crippen molar-refractivity contribution in [2.24, 2.45) is 5.92 Å². The third-order valence-electron chi connectivity index (χ3n) is 4.00. The highest BCUT2D eigenvalue weighted by Crippen LogP contribution is 2.41. The highest BCUT2D eigenvalue weighted by molar-refractivity contribution is 5.24. The van der Waals surface area contributed by atoms with E-state index >= 15 is 0 Å². The zero-order valence-electron chi connectivity index (χ0n) is 11.8. The van der Waals surface area contributed by atoms with E-state index in [1.54, 1.807) is 0 Å². The van der Waals surface area contributed by atoms with Crippen molar-refractivity contribution in [1.29, 1.82) is 0 Å². The molecular weight excluding hydrogens is 255 g/mol. The van der Waals surface area contributed by atoms with Crippen LogP contribution in [0.4, 0.5) is 4.39 Å². The van der Waals surface area contributed by atoms with Crippen LogP contribution in [-0.4, -0.2) is 5.16 Å². The topological polar surface area (TPSA) is 38.1 Å². The van der Waals surface area contributed by atoms with Crippen molar-refractivity contribution >= 4 is 0 Å². The summed E-state index contributed by atoms with van der Waals surface area (Å²) in [5.41, 5.74) is 3.21. The summed E-state index contributed by atoms with van der Waals surface area (Å²) >= 11 is 0. The fourth-order valence-corrected chi connectivity index (χ4v) is 2.62. The predicted molar refractivity (Wildman–Crippen MR) is 74.7 cm³/mol. The van der Waals surface area contributed by atoms with Crippen LogP contribution in [-0.2, 0) is 6.54 Å². The molecule has 106 valence electrons. The van der Waals surface area contributed by atoms with Crippen LogP contribution in [0, 0.1) is 25.6 Å². The molecule has 2 aromatic rings. The largest absolute Gasteiger partial charge is 0.361 e. The maximum absolute atomic E-state index is 13.0. The van der Waals surface area contributed by atoms with Crippen molar-refractivity contribution in [3.63, 3.8) is 0 Å². The first kappa shape index (κ1) is 13.3. The monoisotopic (exact) mass is 274 g/mol. The van der Waals surface area contributed by atoms with Gasteiger partial charge in [0.2, 0.25) is 0 Å². The summed E-state index contributed by atoms with van der Waals surface area (Å²) in [4.78, 5) is 0. The normalized spacial score (nSPS) is 16.4. The van der Waals surface area contributed by atoms with E-state index in [1.807, 2.05) is 26.0 Å². The average molecular weight is 274 g/mol. The van der Waals surface area contributed by atoms with Gasteiger partial charge in [-0.25, -0.2) is 4.39 Å². The summed E-state index contributed by atoms with van der Waals surface area (Å²) in [5.74, 6) is 1.33. The summed E-state index contributed by atoms with van der Waals surface area (Å²) in [6.07, 6.45) is 2.47. The van der Waals surface area contributed by atoms with Gasteiger partial charge < -0.3 is 9.84 Å². The first-order valence-electron chi connectivity index (χ1n) is 7.05. The van der Waals surface area contributed by atoms with E-state index in [1.165, 1.54) is 25.0 Å². The zero-order valence-corrected chi connectivity index (χ0v) is 11.8. The van der Waals surface area contributed by atoms with Crippen LogP contribution in [0.5, 0.6) is 0 Å². The van der Waals surface area contributed by atoms with Crippen LogP contribution >= 0.6 is 0 Å². The minimum atomic E-state index is -0.186. The number of hydrogen-bond donors (Lipinski definition) is 1. The molecule has 1 heterocycles. The molecule has 1 saturated carbocycles. The Morgan fingerprint density at radius 3 is 2.55 bits per heavy atom. The molecule has 0 radical (unpaired) electrons. The molecule has 1 fully saturated rings. The van der Waals surface area contributed by atoms with E-state index in [2.05, 4.69) is 10.5 Å². The van der Waals surface area contributed by atoms with Gasteiger partial charge in [-0.05, 0) is 50.3 Å². The second-order valence-electron chi connectivity index (χ2n) is 5.55. The second kappa shape index (κ2) is 5.37. The SMILES string of the molecule is Cc1noc(C)c1CNC(c1ccc(F)cc1)C1CC1. The van der Waals surface area contributed by atoms with E-state index in [9.17, 15) is 4.39 Å².